The molecular formula is C13H26N2O3S. The summed E-state index contributed by atoms with van der Waals surface area (Å²) in [5, 5.41) is 9.18. The number of aliphatic hydroxyl groups is 1. The molecule has 0 radical (unpaired) electrons. The second-order valence-electron chi connectivity index (χ2n) is 5.86. The van der Waals surface area contributed by atoms with Crippen LogP contribution in [0.15, 0.2) is 0 Å². The quantitative estimate of drug-likeness (QED) is 0.827. The zero-order valence-electron chi connectivity index (χ0n) is 11.8. The highest BCUT2D eigenvalue weighted by Crippen LogP contribution is 2.28. The van der Waals surface area contributed by atoms with Crippen molar-refractivity contribution in [1.29, 1.82) is 0 Å². The van der Waals surface area contributed by atoms with Gasteiger partial charge in [0, 0.05) is 25.7 Å². The Bertz CT molecular complexity index is 371. The summed E-state index contributed by atoms with van der Waals surface area (Å²) in [5.74, 6) is 0.615. The Balaban J connectivity index is 2.09. The molecule has 1 saturated carbocycles. The number of hydrogen-bond acceptors (Lipinski definition) is 3. The lowest BCUT2D eigenvalue weighted by Gasteiger charge is -2.36. The average molecular weight is 290 g/mol. The largest absolute Gasteiger partial charge is 0.395 e. The van der Waals surface area contributed by atoms with E-state index in [0.717, 1.165) is 38.5 Å². The van der Waals surface area contributed by atoms with Gasteiger partial charge in [0.2, 0.25) is 0 Å². The number of hydrogen-bond donors (Lipinski definition) is 1. The van der Waals surface area contributed by atoms with Crippen LogP contribution in [0.4, 0.5) is 0 Å². The van der Waals surface area contributed by atoms with E-state index in [2.05, 4.69) is 6.92 Å². The predicted octanol–water partition coefficient (Wildman–Crippen LogP) is 1.20. The highest BCUT2D eigenvalue weighted by molar-refractivity contribution is 7.86. The SMILES string of the molecule is CC1CCN(S(=O)(=O)N(CCO)C2CCCC2)CC1. The third-order valence-corrected chi connectivity index (χ3v) is 6.51. The molecule has 0 aromatic rings. The van der Waals surface area contributed by atoms with Crippen molar-refractivity contribution in [3.8, 4) is 0 Å². The maximum absolute atomic E-state index is 12.7. The standard InChI is InChI=1S/C13H26N2O3S/c1-12-6-8-14(9-7-12)19(17,18)15(10-11-16)13-4-2-3-5-13/h12-13,16H,2-11H2,1H3. The fraction of sp³-hybridized carbons (Fsp3) is 1.00. The van der Waals surface area contributed by atoms with Crippen molar-refractivity contribution in [3.63, 3.8) is 0 Å². The van der Waals surface area contributed by atoms with Crippen LogP contribution in [0, 0.1) is 5.92 Å². The van der Waals surface area contributed by atoms with E-state index in [0.29, 0.717) is 19.0 Å². The summed E-state index contributed by atoms with van der Waals surface area (Å²) in [6.45, 7) is 3.56. The minimum absolute atomic E-state index is 0.0940. The van der Waals surface area contributed by atoms with Gasteiger partial charge in [-0.25, -0.2) is 0 Å². The average Bonchev–Trinajstić information content (AvgIpc) is 2.89. The monoisotopic (exact) mass is 290 g/mol. The smallest absolute Gasteiger partial charge is 0.282 e. The summed E-state index contributed by atoms with van der Waals surface area (Å²) in [6.07, 6.45) is 5.94. The maximum atomic E-state index is 12.7. The van der Waals surface area contributed by atoms with Gasteiger partial charge in [0.05, 0.1) is 6.61 Å². The molecule has 2 fully saturated rings. The molecule has 2 rings (SSSR count). The summed E-state index contributed by atoms with van der Waals surface area (Å²) < 4.78 is 28.6. The summed E-state index contributed by atoms with van der Waals surface area (Å²) in [5.41, 5.74) is 0. The first-order valence-corrected chi connectivity index (χ1v) is 8.83. The molecule has 0 aromatic carbocycles. The fourth-order valence-electron chi connectivity index (χ4n) is 3.14. The van der Waals surface area contributed by atoms with Crippen LogP contribution in [0.3, 0.4) is 0 Å². The Hall–Kier alpha value is -0.170. The molecule has 5 nitrogen and oxygen atoms in total. The van der Waals surface area contributed by atoms with Crippen molar-refractivity contribution in [2.75, 3.05) is 26.2 Å². The fourth-order valence-corrected chi connectivity index (χ4v) is 5.01. The van der Waals surface area contributed by atoms with Gasteiger partial charge < -0.3 is 5.11 Å². The Labute approximate surface area is 116 Å². The molecule has 0 bridgehead atoms. The lowest BCUT2D eigenvalue weighted by molar-refractivity contribution is 0.204. The molecule has 1 N–H and O–H groups in total. The zero-order valence-corrected chi connectivity index (χ0v) is 12.6. The van der Waals surface area contributed by atoms with Crippen LogP contribution in [0.1, 0.15) is 45.4 Å². The Morgan fingerprint density at radius 3 is 2.26 bits per heavy atom. The van der Waals surface area contributed by atoms with E-state index in [1.807, 2.05) is 0 Å². The minimum Gasteiger partial charge on any atom is -0.395 e. The van der Waals surface area contributed by atoms with Gasteiger partial charge in [-0.1, -0.05) is 19.8 Å². The van der Waals surface area contributed by atoms with Gasteiger partial charge in [-0.05, 0) is 31.6 Å². The lowest BCUT2D eigenvalue weighted by Crippen LogP contribution is -2.51. The van der Waals surface area contributed by atoms with E-state index >= 15 is 0 Å². The first-order chi connectivity index (χ1) is 9.05. The Morgan fingerprint density at radius 1 is 1.16 bits per heavy atom. The topological polar surface area (TPSA) is 60.9 Å². The normalized spacial score (nSPS) is 24.4. The van der Waals surface area contributed by atoms with E-state index < -0.39 is 10.2 Å². The van der Waals surface area contributed by atoms with Gasteiger partial charge in [-0.15, -0.1) is 0 Å². The van der Waals surface area contributed by atoms with Crippen molar-refractivity contribution in [2.24, 2.45) is 5.92 Å². The van der Waals surface area contributed by atoms with E-state index in [4.69, 9.17) is 0 Å². The van der Waals surface area contributed by atoms with Gasteiger partial charge in [0.1, 0.15) is 0 Å². The van der Waals surface area contributed by atoms with Crippen molar-refractivity contribution in [1.82, 2.24) is 8.61 Å². The molecule has 6 heteroatoms. The molecule has 1 aliphatic carbocycles. The van der Waals surface area contributed by atoms with E-state index in [1.165, 1.54) is 0 Å². The van der Waals surface area contributed by atoms with Crippen LogP contribution in [0.5, 0.6) is 0 Å². The molecule has 0 aromatic heterocycles. The van der Waals surface area contributed by atoms with Crippen LogP contribution in [-0.2, 0) is 10.2 Å². The van der Waals surface area contributed by atoms with Gasteiger partial charge >= 0.3 is 0 Å². The van der Waals surface area contributed by atoms with Gasteiger partial charge in [0.25, 0.3) is 10.2 Å². The molecule has 0 amide bonds. The number of nitrogens with zero attached hydrogens (tertiary/aromatic N) is 2. The molecule has 1 saturated heterocycles. The minimum atomic E-state index is -3.39. The predicted molar refractivity (Wildman–Crippen MR) is 74.9 cm³/mol. The van der Waals surface area contributed by atoms with E-state index in [9.17, 15) is 13.5 Å². The lowest BCUT2D eigenvalue weighted by atomic mass is 10.0. The van der Waals surface area contributed by atoms with E-state index in [-0.39, 0.29) is 19.2 Å². The molecule has 0 spiro atoms. The third kappa shape index (κ3) is 3.48. The molecule has 112 valence electrons. The van der Waals surface area contributed by atoms with Crippen LogP contribution in [-0.4, -0.2) is 54.4 Å². The first kappa shape index (κ1) is 15.2. The van der Waals surface area contributed by atoms with Crippen LogP contribution < -0.4 is 0 Å². The summed E-state index contributed by atoms with van der Waals surface area (Å²) in [7, 11) is -3.39. The van der Waals surface area contributed by atoms with Gasteiger partial charge in [-0.3, -0.25) is 0 Å². The molecule has 1 heterocycles. The van der Waals surface area contributed by atoms with Crippen molar-refractivity contribution >= 4 is 10.2 Å². The Morgan fingerprint density at radius 2 is 1.74 bits per heavy atom. The Kier molecular flexibility index (Phi) is 5.22. The second-order valence-corrected chi connectivity index (χ2v) is 7.74. The van der Waals surface area contributed by atoms with Crippen LogP contribution in [0.25, 0.3) is 0 Å². The first-order valence-electron chi connectivity index (χ1n) is 7.43. The van der Waals surface area contributed by atoms with E-state index in [1.54, 1.807) is 8.61 Å². The summed E-state index contributed by atoms with van der Waals surface area (Å²) in [6, 6.07) is 0.0940. The molecule has 19 heavy (non-hydrogen) atoms. The highest BCUT2D eigenvalue weighted by atomic mass is 32.2. The number of aliphatic hydroxyl groups excluding tert-OH is 1. The number of piperidine rings is 1. The second kappa shape index (κ2) is 6.52. The van der Waals surface area contributed by atoms with Crippen molar-refractivity contribution in [3.05, 3.63) is 0 Å². The van der Waals surface area contributed by atoms with Crippen LogP contribution in [0.2, 0.25) is 0 Å². The molecule has 0 unspecified atom stereocenters. The zero-order chi connectivity index (χ0) is 13.9. The maximum Gasteiger partial charge on any atom is 0.282 e. The molecule has 2 aliphatic rings. The van der Waals surface area contributed by atoms with Crippen LogP contribution >= 0.6 is 0 Å². The third-order valence-electron chi connectivity index (χ3n) is 4.42. The van der Waals surface area contributed by atoms with Gasteiger partial charge in [-0.2, -0.15) is 17.0 Å². The van der Waals surface area contributed by atoms with Gasteiger partial charge in [0.15, 0.2) is 0 Å². The number of rotatable bonds is 5. The molecular weight excluding hydrogens is 264 g/mol. The van der Waals surface area contributed by atoms with Crippen molar-refractivity contribution in [2.45, 2.75) is 51.5 Å². The van der Waals surface area contributed by atoms with Crippen molar-refractivity contribution < 1.29 is 13.5 Å². The molecule has 0 atom stereocenters. The highest BCUT2D eigenvalue weighted by Gasteiger charge is 2.36. The molecule has 1 aliphatic heterocycles. The summed E-state index contributed by atoms with van der Waals surface area (Å²) in [4.78, 5) is 0. The summed E-state index contributed by atoms with van der Waals surface area (Å²) >= 11 is 0.